The molecule has 0 saturated heterocycles. The van der Waals surface area contributed by atoms with Crippen molar-refractivity contribution in [3.05, 3.63) is 71.8 Å². The standard InChI is InChI=1S/C27H30Cl2O6.C22H31FO2S2/c1-15-11-19-18-7-6-16-12-17(30)8-9-24(16,2)26(18,29)21(31)13-25(19,3)27(15,22(32)14-28)35-23(33)20-5-4-10-34-20;1-5-27-21(26-4)11-9-16-17-7-6-14-12-15(24)8-10-19(14,2)22(17,23)18(25)13-20(16,21)3/h4-5,8-10,12,15,18-19,21,31H,6-7,11,13-14H2,1-3H3;8,10,12,16-18,25H,5-7,9,11,13H2,1-4H3/t15-,18+,19+,21+,24+,25+,26+,27+;16?,17?,18?,19?,20?,21-,22+/m11/s1. The van der Waals surface area contributed by atoms with Crippen molar-refractivity contribution in [1.82, 2.24) is 0 Å². The lowest BCUT2D eigenvalue weighted by Crippen LogP contribution is -2.69. The quantitative estimate of drug-likeness (QED) is 0.155. The van der Waals surface area contributed by atoms with E-state index in [2.05, 4.69) is 20.1 Å². The van der Waals surface area contributed by atoms with Gasteiger partial charge in [0, 0.05) is 28.1 Å². The van der Waals surface area contributed by atoms with E-state index in [0.717, 1.165) is 42.6 Å². The molecule has 1 heterocycles. The Morgan fingerprint density at radius 3 is 2.11 bits per heavy atom. The van der Waals surface area contributed by atoms with Gasteiger partial charge in [-0.15, -0.1) is 46.7 Å². The fourth-order valence-corrected chi connectivity index (χ4v) is 19.0. The molecule has 13 heteroatoms. The van der Waals surface area contributed by atoms with Crippen LogP contribution in [0.2, 0.25) is 0 Å². The molecule has 6 saturated carbocycles. The van der Waals surface area contributed by atoms with Crippen LogP contribution in [0.3, 0.4) is 0 Å². The lowest BCUT2D eigenvalue weighted by atomic mass is 9.45. The van der Waals surface area contributed by atoms with Crippen molar-refractivity contribution >= 4 is 70.0 Å². The molecule has 338 valence electrons. The molecular weight excluding hydrogens is 871 g/mol. The van der Waals surface area contributed by atoms with Gasteiger partial charge < -0.3 is 19.4 Å². The summed E-state index contributed by atoms with van der Waals surface area (Å²) in [5.74, 6) is -1.01. The minimum atomic E-state index is -1.69. The maximum absolute atomic E-state index is 16.9. The number of ether oxygens (including phenoxy) is 1. The van der Waals surface area contributed by atoms with Gasteiger partial charge in [-0.2, -0.15) is 0 Å². The van der Waals surface area contributed by atoms with E-state index >= 15 is 4.39 Å². The van der Waals surface area contributed by atoms with Crippen molar-refractivity contribution in [2.45, 2.75) is 132 Å². The topological polar surface area (TPSA) is 131 Å². The monoisotopic (exact) mass is 930 g/mol. The molecule has 2 N–H and O–H groups in total. The Kier molecular flexibility index (Phi) is 11.8. The predicted molar refractivity (Wildman–Crippen MR) is 243 cm³/mol. The third-order valence-electron chi connectivity index (χ3n) is 18.1. The van der Waals surface area contributed by atoms with Crippen molar-refractivity contribution in [2.75, 3.05) is 17.9 Å². The second kappa shape index (κ2) is 15.7. The Bertz CT molecular complexity index is 2160. The fraction of sp³-hybridized carbons (Fsp3) is 0.673. The van der Waals surface area contributed by atoms with Gasteiger partial charge >= 0.3 is 5.97 Å². The van der Waals surface area contributed by atoms with Gasteiger partial charge in [0.2, 0.25) is 5.76 Å². The summed E-state index contributed by atoms with van der Waals surface area (Å²) in [7, 11) is 0. The number of allylic oxidation sites excluding steroid dienone is 8. The van der Waals surface area contributed by atoms with Crippen LogP contribution >= 0.6 is 46.7 Å². The first kappa shape index (κ1) is 46.4. The Balaban J connectivity index is 0.000000176. The minimum absolute atomic E-state index is 0.00557. The van der Waals surface area contributed by atoms with E-state index in [-0.39, 0.29) is 74.5 Å². The van der Waals surface area contributed by atoms with Crippen molar-refractivity contribution in [3.63, 3.8) is 0 Å². The van der Waals surface area contributed by atoms with E-state index in [9.17, 15) is 29.4 Å². The molecule has 8 aliphatic carbocycles. The fourth-order valence-electron chi connectivity index (χ4n) is 15.1. The average molecular weight is 932 g/mol. The largest absolute Gasteiger partial charge is 0.457 e. The van der Waals surface area contributed by atoms with Crippen molar-refractivity contribution in [3.8, 4) is 0 Å². The zero-order valence-electron chi connectivity index (χ0n) is 36.8. The van der Waals surface area contributed by atoms with Crippen LogP contribution in [0.25, 0.3) is 0 Å². The normalized spacial score (nSPS) is 47.3. The number of fused-ring (bicyclic) bond motifs is 10. The maximum Gasteiger partial charge on any atom is 0.375 e. The third-order valence-corrected chi connectivity index (χ3v) is 22.9. The van der Waals surface area contributed by atoms with Gasteiger partial charge in [0.1, 0.15) is 0 Å². The van der Waals surface area contributed by atoms with Crippen molar-refractivity contribution < 1.29 is 42.9 Å². The predicted octanol–water partition coefficient (Wildman–Crippen LogP) is 10.0. The van der Waals surface area contributed by atoms with Crippen LogP contribution in [-0.2, 0) is 19.1 Å². The van der Waals surface area contributed by atoms with Crippen molar-refractivity contribution in [1.29, 1.82) is 0 Å². The number of esters is 1. The molecule has 5 unspecified atom stereocenters. The Morgan fingerprint density at radius 2 is 1.52 bits per heavy atom. The second-order valence-corrected chi connectivity index (χ2v) is 24.1. The molecule has 1 aromatic heterocycles. The molecular formula is C49H61Cl2FO8S2. The van der Waals surface area contributed by atoms with Crippen LogP contribution in [-0.4, -0.2) is 83.9 Å². The van der Waals surface area contributed by atoms with Crippen LogP contribution in [0, 0.1) is 51.2 Å². The van der Waals surface area contributed by atoms with Gasteiger partial charge in [-0.3, -0.25) is 14.4 Å². The molecule has 15 atom stereocenters. The molecule has 0 aliphatic heterocycles. The number of thioether (sulfide) groups is 2. The Morgan fingerprint density at radius 1 is 0.903 bits per heavy atom. The number of ketones is 3. The molecule has 0 amide bonds. The number of carbonyl (C=O) groups is 4. The van der Waals surface area contributed by atoms with E-state index in [0.29, 0.717) is 25.7 Å². The number of hydrogen-bond acceptors (Lipinski definition) is 10. The highest BCUT2D eigenvalue weighted by Crippen LogP contribution is 2.75. The number of Topliss-reactive ketones (excluding diaryl/α,β-unsaturated/α-hetero) is 1. The molecule has 0 aromatic carbocycles. The van der Waals surface area contributed by atoms with Crippen LogP contribution in [0.1, 0.15) is 110 Å². The molecule has 8 nitrogen and oxygen atoms in total. The van der Waals surface area contributed by atoms with E-state index in [1.54, 1.807) is 24.3 Å². The zero-order valence-corrected chi connectivity index (χ0v) is 40.0. The van der Waals surface area contributed by atoms with Gasteiger partial charge in [-0.1, -0.05) is 57.9 Å². The molecule has 0 spiro atoms. The minimum Gasteiger partial charge on any atom is -0.457 e. The molecule has 9 rings (SSSR count). The number of aliphatic hydroxyl groups excluding tert-OH is 2. The van der Waals surface area contributed by atoms with Crippen LogP contribution in [0.4, 0.5) is 4.39 Å². The highest BCUT2D eigenvalue weighted by atomic mass is 35.5. The van der Waals surface area contributed by atoms with E-state index < -0.39 is 50.6 Å². The Hall–Kier alpha value is -2.15. The first-order valence-electron chi connectivity index (χ1n) is 22.3. The van der Waals surface area contributed by atoms with Gasteiger partial charge in [-0.25, -0.2) is 9.18 Å². The van der Waals surface area contributed by atoms with E-state index in [1.165, 1.54) is 24.5 Å². The zero-order chi connectivity index (χ0) is 45.1. The van der Waals surface area contributed by atoms with Gasteiger partial charge in [0.25, 0.3) is 0 Å². The van der Waals surface area contributed by atoms with E-state index in [4.69, 9.17) is 32.4 Å². The lowest BCUT2D eigenvalue weighted by molar-refractivity contribution is -0.189. The summed E-state index contributed by atoms with van der Waals surface area (Å²) in [6.07, 6.45) is 17.6. The number of carbonyl (C=O) groups excluding carboxylic acids is 4. The molecule has 0 bridgehead atoms. The van der Waals surface area contributed by atoms with E-state index in [1.807, 2.05) is 57.3 Å². The Labute approximate surface area is 383 Å². The highest BCUT2D eigenvalue weighted by Gasteiger charge is 2.77. The number of furan rings is 1. The number of rotatable bonds is 7. The summed E-state index contributed by atoms with van der Waals surface area (Å²) < 4.78 is 28.3. The summed E-state index contributed by atoms with van der Waals surface area (Å²) in [6, 6.07) is 3.07. The second-order valence-electron chi connectivity index (χ2n) is 20.3. The molecule has 1 aromatic rings. The van der Waals surface area contributed by atoms with Crippen LogP contribution < -0.4 is 0 Å². The van der Waals surface area contributed by atoms with Crippen molar-refractivity contribution in [2.24, 2.45) is 51.2 Å². The van der Waals surface area contributed by atoms with Gasteiger partial charge in [-0.05, 0) is 136 Å². The number of alkyl halides is 3. The van der Waals surface area contributed by atoms with Crippen LogP contribution in [0.15, 0.2) is 70.4 Å². The lowest BCUT2D eigenvalue weighted by Gasteiger charge is -2.64. The number of halogens is 3. The molecule has 0 radical (unpaired) electrons. The summed E-state index contributed by atoms with van der Waals surface area (Å²) in [5.41, 5.74) is -3.96. The number of hydrogen-bond donors (Lipinski definition) is 2. The third kappa shape index (κ3) is 5.98. The van der Waals surface area contributed by atoms with Gasteiger partial charge in [0.15, 0.2) is 28.6 Å². The highest BCUT2D eigenvalue weighted by molar-refractivity contribution is 8.18. The summed E-state index contributed by atoms with van der Waals surface area (Å²) in [6.45, 7) is 12.2. The average Bonchev–Trinajstić information content (AvgIpc) is 3.92. The molecule has 62 heavy (non-hydrogen) atoms. The molecule has 6 fully saturated rings. The smallest absolute Gasteiger partial charge is 0.375 e. The first-order chi connectivity index (χ1) is 29.1. The summed E-state index contributed by atoms with van der Waals surface area (Å²) in [4.78, 5) is 49.6. The maximum atomic E-state index is 16.9. The molecule has 8 aliphatic rings. The first-order valence-corrected chi connectivity index (χ1v) is 25.4. The van der Waals surface area contributed by atoms with Crippen LogP contribution in [0.5, 0.6) is 0 Å². The summed E-state index contributed by atoms with van der Waals surface area (Å²) >= 11 is 17.5. The summed E-state index contributed by atoms with van der Waals surface area (Å²) in [5, 5.41) is 23.1. The SMILES string of the molecule is CCS[C@]1(SC)CCC2C3CCC4=CC(=O)C=CC4(C)[C@@]3(F)C(O)CC21C.C[C@@H]1C[C@H]2[C@@H]3CCC4=CC(=O)C=C[C@]4(C)[C@@]3(Cl)[C@@H](O)C[C@]2(C)[C@@]1(OC(=O)c1ccco1)C(=O)CCl. The van der Waals surface area contributed by atoms with Gasteiger partial charge in [0.05, 0.1) is 33.3 Å². The number of aliphatic hydroxyl groups is 2.